The van der Waals surface area contributed by atoms with Gasteiger partial charge < -0.3 is 9.30 Å². The van der Waals surface area contributed by atoms with Gasteiger partial charge in [0.25, 0.3) is 0 Å². The molecule has 210 valence electrons. The van der Waals surface area contributed by atoms with Crippen LogP contribution in [-0.4, -0.2) is 32.9 Å². The Morgan fingerprint density at radius 1 is 1.07 bits per heavy atom. The minimum Gasteiger partial charge on any atom is -0.488 e. The van der Waals surface area contributed by atoms with Gasteiger partial charge in [0.15, 0.2) is 0 Å². The number of hydrogen-bond acceptors (Lipinski definition) is 5. The molecule has 8 nitrogen and oxygen atoms in total. The van der Waals surface area contributed by atoms with Crippen LogP contribution >= 0.6 is 11.6 Å². The Balaban J connectivity index is 1.11. The van der Waals surface area contributed by atoms with E-state index >= 15 is 0 Å². The number of nitrogens with one attached hydrogen (secondary N) is 1. The molecule has 3 aromatic carbocycles. The number of amides is 3. The van der Waals surface area contributed by atoms with Gasteiger partial charge in [-0.15, -0.1) is 0 Å². The van der Waals surface area contributed by atoms with E-state index in [0.29, 0.717) is 28.7 Å². The van der Waals surface area contributed by atoms with Crippen LogP contribution in [0.1, 0.15) is 34.2 Å². The smallest absolute Gasteiger partial charge is 0.329 e. The second-order valence-corrected chi connectivity index (χ2v) is 10.9. The SMILES string of the molecule is Cc1cc(CN2Cc3ccc(-c4ncc(N5CCC(=O)NC5=O)n4C)cc3C2)ccc1OCc1c(F)cccc1Cl. The fourth-order valence-corrected chi connectivity index (χ4v) is 5.69. The summed E-state index contributed by atoms with van der Waals surface area (Å²) in [6.07, 6.45) is 1.93. The largest absolute Gasteiger partial charge is 0.488 e. The third-order valence-electron chi connectivity index (χ3n) is 7.63. The summed E-state index contributed by atoms with van der Waals surface area (Å²) >= 11 is 6.13. The van der Waals surface area contributed by atoms with E-state index in [9.17, 15) is 14.0 Å². The summed E-state index contributed by atoms with van der Waals surface area (Å²) in [5.74, 6) is 1.46. The lowest BCUT2D eigenvalue weighted by Gasteiger charge is -2.26. The Morgan fingerprint density at radius 3 is 2.68 bits per heavy atom. The van der Waals surface area contributed by atoms with Crippen LogP contribution < -0.4 is 15.0 Å². The number of rotatable bonds is 7. The minimum atomic E-state index is -0.426. The molecule has 0 spiro atoms. The summed E-state index contributed by atoms with van der Waals surface area (Å²) in [7, 11) is 1.88. The molecule has 3 heterocycles. The van der Waals surface area contributed by atoms with Gasteiger partial charge in [-0.3, -0.25) is 19.9 Å². The van der Waals surface area contributed by atoms with Gasteiger partial charge >= 0.3 is 6.03 Å². The van der Waals surface area contributed by atoms with Crippen LogP contribution in [0.5, 0.6) is 5.75 Å². The van der Waals surface area contributed by atoms with E-state index in [4.69, 9.17) is 16.3 Å². The molecule has 0 aliphatic carbocycles. The number of carbonyl (C=O) groups is 2. The van der Waals surface area contributed by atoms with E-state index in [2.05, 4.69) is 39.5 Å². The summed E-state index contributed by atoms with van der Waals surface area (Å²) < 4.78 is 21.9. The molecule has 6 rings (SSSR count). The molecule has 0 radical (unpaired) electrons. The molecule has 0 unspecified atom stereocenters. The lowest BCUT2D eigenvalue weighted by Crippen LogP contribution is -2.50. The highest BCUT2D eigenvalue weighted by atomic mass is 35.5. The molecule has 0 saturated carbocycles. The number of benzene rings is 3. The molecule has 2 aliphatic rings. The number of imidazole rings is 1. The summed E-state index contributed by atoms with van der Waals surface area (Å²) in [6, 6.07) is 16.6. The van der Waals surface area contributed by atoms with Gasteiger partial charge in [0, 0.05) is 50.8 Å². The van der Waals surface area contributed by atoms with E-state index in [0.717, 1.165) is 36.6 Å². The van der Waals surface area contributed by atoms with Gasteiger partial charge in [0.1, 0.15) is 29.8 Å². The van der Waals surface area contributed by atoms with Crippen LogP contribution in [0.2, 0.25) is 5.02 Å². The third kappa shape index (κ3) is 5.42. The number of anilines is 1. The first-order valence-electron chi connectivity index (χ1n) is 13.4. The molecule has 1 aromatic heterocycles. The summed E-state index contributed by atoms with van der Waals surface area (Å²) in [5, 5.41) is 2.72. The predicted molar refractivity (Wildman–Crippen MR) is 154 cm³/mol. The zero-order valence-corrected chi connectivity index (χ0v) is 23.5. The van der Waals surface area contributed by atoms with Crippen molar-refractivity contribution in [2.45, 2.75) is 39.6 Å². The quantitative estimate of drug-likeness (QED) is 0.305. The summed E-state index contributed by atoms with van der Waals surface area (Å²) in [4.78, 5) is 32.4. The Kier molecular flexibility index (Phi) is 7.23. The Labute approximate surface area is 242 Å². The van der Waals surface area contributed by atoms with E-state index in [1.165, 1.54) is 22.8 Å². The number of nitrogens with zero attached hydrogens (tertiary/aromatic N) is 4. The van der Waals surface area contributed by atoms with Crippen molar-refractivity contribution in [2.24, 2.45) is 7.05 Å². The Hall–Kier alpha value is -4.21. The molecule has 3 amide bonds. The molecule has 0 bridgehead atoms. The molecular weight excluding hydrogens is 545 g/mol. The highest BCUT2D eigenvalue weighted by Crippen LogP contribution is 2.32. The van der Waals surface area contributed by atoms with Crippen LogP contribution in [0.15, 0.2) is 60.8 Å². The maximum absolute atomic E-state index is 14.1. The van der Waals surface area contributed by atoms with Crippen LogP contribution in [0.4, 0.5) is 15.0 Å². The van der Waals surface area contributed by atoms with Gasteiger partial charge in [-0.2, -0.15) is 0 Å². The first-order valence-corrected chi connectivity index (χ1v) is 13.8. The van der Waals surface area contributed by atoms with Crippen LogP contribution in [0, 0.1) is 12.7 Å². The van der Waals surface area contributed by atoms with Crippen molar-refractivity contribution in [2.75, 3.05) is 11.4 Å². The normalized spacial score (nSPS) is 15.3. The van der Waals surface area contributed by atoms with Gasteiger partial charge in [0.05, 0.1) is 11.2 Å². The van der Waals surface area contributed by atoms with Crippen LogP contribution in [-0.2, 0) is 38.1 Å². The van der Waals surface area contributed by atoms with Crippen LogP contribution in [0.25, 0.3) is 11.4 Å². The Bertz CT molecular complexity index is 1650. The third-order valence-corrected chi connectivity index (χ3v) is 7.98. The van der Waals surface area contributed by atoms with Gasteiger partial charge in [-0.05, 0) is 53.4 Å². The average molecular weight is 574 g/mol. The predicted octanol–water partition coefficient (Wildman–Crippen LogP) is 5.73. The van der Waals surface area contributed by atoms with Crippen LogP contribution in [0.3, 0.4) is 0 Å². The van der Waals surface area contributed by atoms with Crippen molar-refractivity contribution >= 4 is 29.4 Å². The number of aromatic nitrogens is 2. The number of hydrogen-bond donors (Lipinski definition) is 1. The van der Waals surface area contributed by atoms with Crippen molar-refractivity contribution in [3.63, 3.8) is 0 Å². The highest BCUT2D eigenvalue weighted by molar-refractivity contribution is 6.31. The fraction of sp³-hybridized carbons (Fsp3) is 0.258. The first kappa shape index (κ1) is 27.0. The lowest BCUT2D eigenvalue weighted by molar-refractivity contribution is -0.120. The molecular formula is C31H29ClFN5O3. The zero-order valence-electron chi connectivity index (χ0n) is 22.8. The Morgan fingerprint density at radius 2 is 1.90 bits per heavy atom. The standard InChI is InChI=1S/C31H29ClFN5O3/c1-19-12-20(6-9-27(19)41-18-24-25(32)4-3-5-26(24)33)15-37-16-22-8-7-21(13-23(22)17-37)30-34-14-29(36(30)2)38-11-10-28(39)35-31(38)40/h3-9,12-14H,10-11,15-18H2,1-2H3,(H,35,39,40). The zero-order chi connectivity index (χ0) is 28.7. The fourth-order valence-electron chi connectivity index (χ4n) is 5.47. The lowest BCUT2D eigenvalue weighted by atomic mass is 10.1. The monoisotopic (exact) mass is 573 g/mol. The molecule has 41 heavy (non-hydrogen) atoms. The number of fused-ring (bicyclic) bond motifs is 1. The van der Waals surface area contributed by atoms with Crippen molar-refractivity contribution in [3.8, 4) is 17.1 Å². The molecule has 10 heteroatoms. The topological polar surface area (TPSA) is 79.7 Å². The number of urea groups is 1. The molecule has 4 aromatic rings. The van der Waals surface area contributed by atoms with Crippen molar-refractivity contribution in [1.82, 2.24) is 19.8 Å². The molecule has 1 saturated heterocycles. The number of ether oxygens (including phenoxy) is 1. The van der Waals surface area contributed by atoms with Gasteiger partial charge in [-0.25, -0.2) is 14.2 Å². The molecule has 1 N–H and O–H groups in total. The van der Waals surface area contributed by atoms with E-state index < -0.39 is 6.03 Å². The van der Waals surface area contributed by atoms with Gasteiger partial charge in [0.2, 0.25) is 5.91 Å². The number of carbonyl (C=O) groups excluding carboxylic acids is 2. The first-order chi connectivity index (χ1) is 19.8. The number of aryl methyl sites for hydroxylation is 1. The van der Waals surface area contributed by atoms with E-state index in [-0.39, 0.29) is 24.8 Å². The van der Waals surface area contributed by atoms with E-state index in [1.54, 1.807) is 23.2 Å². The summed E-state index contributed by atoms with van der Waals surface area (Å²) in [5.41, 5.74) is 5.98. The van der Waals surface area contributed by atoms with Crippen molar-refractivity contribution in [3.05, 3.63) is 99.5 Å². The second kappa shape index (κ2) is 11.0. The molecule has 0 atom stereocenters. The average Bonchev–Trinajstić information content (AvgIpc) is 3.51. The second-order valence-electron chi connectivity index (χ2n) is 10.5. The maximum atomic E-state index is 14.1. The van der Waals surface area contributed by atoms with E-state index in [1.807, 2.05) is 30.7 Å². The molecule has 2 aliphatic heterocycles. The maximum Gasteiger partial charge on any atom is 0.329 e. The summed E-state index contributed by atoms with van der Waals surface area (Å²) in [6.45, 7) is 4.80. The molecule has 1 fully saturated rings. The van der Waals surface area contributed by atoms with Gasteiger partial charge in [-0.1, -0.05) is 41.9 Å². The minimum absolute atomic E-state index is 0.0673. The van der Waals surface area contributed by atoms with Crippen molar-refractivity contribution in [1.29, 1.82) is 0 Å². The number of halogens is 2. The number of imide groups is 1. The highest BCUT2D eigenvalue weighted by Gasteiger charge is 2.28. The van der Waals surface area contributed by atoms with Crippen molar-refractivity contribution < 1.29 is 18.7 Å².